The minimum absolute atomic E-state index is 0.405. The normalized spacial score (nSPS) is 24.4. The van der Waals surface area contributed by atoms with Gasteiger partial charge in [0.1, 0.15) is 0 Å². The summed E-state index contributed by atoms with van der Waals surface area (Å²) < 4.78 is 23.2. The van der Waals surface area contributed by atoms with Gasteiger partial charge in [-0.05, 0) is 63.0 Å². The lowest BCUT2D eigenvalue weighted by Crippen LogP contribution is -2.48. The topological polar surface area (TPSA) is 40.6 Å². The minimum Gasteiger partial charge on any atom is -0.370 e. The van der Waals surface area contributed by atoms with Crippen LogP contribution in [0.3, 0.4) is 0 Å². The molecule has 128 valence electrons. The van der Waals surface area contributed by atoms with Crippen molar-refractivity contribution in [3.05, 3.63) is 24.3 Å². The highest BCUT2D eigenvalue weighted by Gasteiger charge is 2.26. The van der Waals surface area contributed by atoms with Gasteiger partial charge in [-0.3, -0.25) is 4.90 Å². The van der Waals surface area contributed by atoms with Crippen molar-refractivity contribution in [3.8, 4) is 0 Å². The summed E-state index contributed by atoms with van der Waals surface area (Å²) in [5, 5.41) is 0. The van der Waals surface area contributed by atoms with Gasteiger partial charge in [0.2, 0.25) is 0 Å². The summed E-state index contributed by atoms with van der Waals surface area (Å²) in [6.07, 6.45) is 9.18. The Bertz CT molecular complexity index is 604. The van der Waals surface area contributed by atoms with Crippen LogP contribution in [0.1, 0.15) is 38.5 Å². The van der Waals surface area contributed by atoms with Crippen molar-refractivity contribution < 1.29 is 8.42 Å². The maximum atomic E-state index is 11.6. The Balaban J connectivity index is 1.68. The molecule has 2 saturated heterocycles. The molecule has 0 saturated carbocycles. The molecule has 0 N–H and O–H groups in total. The van der Waals surface area contributed by atoms with Crippen LogP contribution in [-0.2, 0) is 9.84 Å². The number of benzene rings is 1. The molecule has 4 nitrogen and oxygen atoms in total. The van der Waals surface area contributed by atoms with Crippen molar-refractivity contribution in [2.45, 2.75) is 49.5 Å². The molecule has 1 atom stereocenters. The van der Waals surface area contributed by atoms with Gasteiger partial charge in [-0.1, -0.05) is 12.8 Å². The first-order valence-corrected chi connectivity index (χ1v) is 10.7. The largest absolute Gasteiger partial charge is 0.370 e. The maximum Gasteiger partial charge on any atom is 0.175 e. The molecule has 23 heavy (non-hydrogen) atoms. The molecule has 0 amide bonds. The number of likely N-dealkylation sites (tertiary alicyclic amines) is 1. The molecular weight excluding hydrogens is 308 g/mol. The van der Waals surface area contributed by atoms with Crippen LogP contribution in [0.15, 0.2) is 29.2 Å². The fourth-order valence-electron chi connectivity index (χ4n) is 3.85. The summed E-state index contributed by atoms with van der Waals surface area (Å²) in [7, 11) is -3.11. The highest BCUT2D eigenvalue weighted by molar-refractivity contribution is 7.90. The lowest BCUT2D eigenvalue weighted by Gasteiger charge is -2.40. The number of anilines is 1. The zero-order chi connectivity index (χ0) is 16.3. The fourth-order valence-corrected chi connectivity index (χ4v) is 4.48. The van der Waals surface area contributed by atoms with E-state index in [1.165, 1.54) is 57.9 Å². The van der Waals surface area contributed by atoms with Crippen LogP contribution >= 0.6 is 0 Å². The first-order valence-electron chi connectivity index (χ1n) is 8.83. The summed E-state index contributed by atoms with van der Waals surface area (Å²) in [6.45, 7) is 4.62. The molecule has 1 aromatic rings. The van der Waals surface area contributed by atoms with E-state index in [1.54, 1.807) is 12.1 Å². The van der Waals surface area contributed by atoms with E-state index in [0.717, 1.165) is 18.8 Å². The Labute approximate surface area is 140 Å². The Morgan fingerprint density at radius 3 is 2.17 bits per heavy atom. The number of nitrogens with zero attached hydrogens (tertiary/aromatic N) is 2. The van der Waals surface area contributed by atoms with Crippen LogP contribution in [0, 0.1) is 0 Å². The van der Waals surface area contributed by atoms with Gasteiger partial charge in [-0.15, -0.1) is 0 Å². The Kier molecular flexibility index (Phi) is 5.27. The third-order valence-corrected chi connectivity index (χ3v) is 6.31. The van der Waals surface area contributed by atoms with E-state index in [1.807, 2.05) is 12.1 Å². The van der Waals surface area contributed by atoms with Crippen molar-refractivity contribution >= 4 is 15.5 Å². The average Bonchev–Trinajstić information content (AvgIpc) is 2.84. The van der Waals surface area contributed by atoms with E-state index in [-0.39, 0.29) is 0 Å². The first-order chi connectivity index (χ1) is 11.0. The van der Waals surface area contributed by atoms with Crippen LogP contribution in [0.5, 0.6) is 0 Å². The minimum atomic E-state index is -3.11. The van der Waals surface area contributed by atoms with Crippen LogP contribution in [0.4, 0.5) is 5.69 Å². The SMILES string of the molecule is CS(=O)(=O)c1ccc(N2CCC[C@@H](N3CCCCCC3)C2)cc1. The monoisotopic (exact) mass is 336 g/mol. The van der Waals surface area contributed by atoms with Gasteiger partial charge in [0.05, 0.1) is 4.90 Å². The highest BCUT2D eigenvalue weighted by Crippen LogP contribution is 2.25. The van der Waals surface area contributed by atoms with Crippen molar-refractivity contribution in [3.63, 3.8) is 0 Å². The maximum absolute atomic E-state index is 11.6. The van der Waals surface area contributed by atoms with Crippen LogP contribution in [0.2, 0.25) is 0 Å². The van der Waals surface area contributed by atoms with Gasteiger partial charge in [0.25, 0.3) is 0 Å². The number of sulfone groups is 1. The van der Waals surface area contributed by atoms with E-state index < -0.39 is 9.84 Å². The standard InChI is InChI=1S/C18H28N2O2S/c1-23(21,22)18-10-8-16(9-11-18)20-14-6-7-17(15-20)19-12-4-2-3-5-13-19/h8-11,17H,2-7,12-15H2,1H3/t17-/m1/s1. The van der Waals surface area contributed by atoms with E-state index in [2.05, 4.69) is 9.80 Å². The van der Waals surface area contributed by atoms with E-state index in [4.69, 9.17) is 0 Å². The molecular formula is C18H28N2O2S. The predicted molar refractivity (Wildman–Crippen MR) is 94.8 cm³/mol. The van der Waals surface area contributed by atoms with Crippen molar-refractivity contribution in [2.24, 2.45) is 0 Å². The summed E-state index contributed by atoms with van der Waals surface area (Å²) in [5.74, 6) is 0. The summed E-state index contributed by atoms with van der Waals surface area (Å²) >= 11 is 0. The van der Waals surface area contributed by atoms with E-state index in [0.29, 0.717) is 10.9 Å². The molecule has 2 aliphatic heterocycles. The number of rotatable bonds is 3. The highest BCUT2D eigenvalue weighted by atomic mass is 32.2. The lowest BCUT2D eigenvalue weighted by molar-refractivity contribution is 0.182. The molecule has 2 aliphatic rings. The molecule has 0 radical (unpaired) electrons. The Morgan fingerprint density at radius 1 is 0.913 bits per heavy atom. The van der Waals surface area contributed by atoms with Crippen LogP contribution in [0.25, 0.3) is 0 Å². The second kappa shape index (κ2) is 7.22. The average molecular weight is 337 g/mol. The number of hydrogen-bond donors (Lipinski definition) is 0. The molecule has 2 heterocycles. The second-order valence-corrected chi connectivity index (χ2v) is 8.97. The quantitative estimate of drug-likeness (QED) is 0.851. The lowest BCUT2D eigenvalue weighted by atomic mass is 10.0. The van der Waals surface area contributed by atoms with Crippen molar-refractivity contribution in [1.82, 2.24) is 4.90 Å². The Hall–Kier alpha value is -1.07. The third kappa shape index (κ3) is 4.27. The van der Waals surface area contributed by atoms with E-state index >= 15 is 0 Å². The van der Waals surface area contributed by atoms with Gasteiger partial charge in [-0.25, -0.2) is 8.42 Å². The van der Waals surface area contributed by atoms with Crippen LogP contribution in [-0.4, -0.2) is 51.8 Å². The number of hydrogen-bond acceptors (Lipinski definition) is 4. The molecule has 0 unspecified atom stereocenters. The molecule has 2 fully saturated rings. The van der Waals surface area contributed by atoms with E-state index in [9.17, 15) is 8.42 Å². The van der Waals surface area contributed by atoms with Gasteiger partial charge < -0.3 is 4.90 Å². The molecule has 0 aromatic heterocycles. The molecule has 0 bridgehead atoms. The molecule has 0 spiro atoms. The van der Waals surface area contributed by atoms with Gasteiger partial charge in [0, 0.05) is 31.1 Å². The summed E-state index contributed by atoms with van der Waals surface area (Å²) in [5.41, 5.74) is 1.15. The van der Waals surface area contributed by atoms with Gasteiger partial charge in [0.15, 0.2) is 9.84 Å². The number of piperidine rings is 1. The molecule has 0 aliphatic carbocycles. The third-order valence-electron chi connectivity index (χ3n) is 5.18. The van der Waals surface area contributed by atoms with Gasteiger partial charge in [-0.2, -0.15) is 0 Å². The predicted octanol–water partition coefficient (Wildman–Crippen LogP) is 2.93. The van der Waals surface area contributed by atoms with Crippen molar-refractivity contribution in [2.75, 3.05) is 37.3 Å². The molecule has 5 heteroatoms. The fraction of sp³-hybridized carbons (Fsp3) is 0.667. The van der Waals surface area contributed by atoms with Crippen LogP contribution < -0.4 is 4.90 Å². The second-order valence-electron chi connectivity index (χ2n) is 6.96. The zero-order valence-electron chi connectivity index (χ0n) is 14.1. The van der Waals surface area contributed by atoms with Gasteiger partial charge >= 0.3 is 0 Å². The first kappa shape index (κ1) is 16.8. The molecule has 1 aromatic carbocycles. The summed E-state index contributed by atoms with van der Waals surface area (Å²) in [6, 6.07) is 8.04. The van der Waals surface area contributed by atoms with Crippen molar-refractivity contribution in [1.29, 1.82) is 0 Å². The Morgan fingerprint density at radius 2 is 1.57 bits per heavy atom. The smallest absolute Gasteiger partial charge is 0.175 e. The summed E-state index contributed by atoms with van der Waals surface area (Å²) in [4.78, 5) is 5.51. The zero-order valence-corrected chi connectivity index (χ0v) is 14.9. The molecule has 3 rings (SSSR count).